The number of imidazole rings is 1. The summed E-state index contributed by atoms with van der Waals surface area (Å²) in [5, 5.41) is 2.67. The van der Waals surface area contributed by atoms with E-state index in [1.165, 1.54) is 19.2 Å². The first-order valence-electron chi connectivity index (χ1n) is 16.5. The number of piperidine rings is 1. The Hall–Kier alpha value is -3.89. The molecule has 250 valence electrons. The number of fused-ring (bicyclic) bond motifs is 1. The largest absolute Gasteiger partial charge is 0.453 e. The highest BCUT2D eigenvalue weighted by Crippen LogP contribution is 2.40. The molecule has 3 aromatic rings. The van der Waals surface area contributed by atoms with E-state index >= 15 is 8.78 Å². The van der Waals surface area contributed by atoms with Crippen LogP contribution in [0.5, 0.6) is 0 Å². The smallest absolute Gasteiger partial charge is 0.407 e. The topological polar surface area (TPSA) is 93.8 Å². The van der Waals surface area contributed by atoms with Crippen LogP contribution in [0.4, 0.5) is 25.0 Å². The van der Waals surface area contributed by atoms with E-state index in [9.17, 15) is 9.59 Å². The molecule has 2 atom stereocenters. The fourth-order valence-electron chi connectivity index (χ4n) is 6.75. The van der Waals surface area contributed by atoms with Gasteiger partial charge in [-0.2, -0.15) is 0 Å². The van der Waals surface area contributed by atoms with E-state index in [2.05, 4.69) is 29.0 Å². The van der Waals surface area contributed by atoms with Crippen LogP contribution in [-0.4, -0.2) is 66.2 Å². The van der Waals surface area contributed by atoms with Crippen molar-refractivity contribution in [1.82, 2.24) is 20.2 Å². The lowest BCUT2D eigenvalue weighted by atomic mass is 9.82. The molecule has 2 aromatic carbocycles. The van der Waals surface area contributed by atoms with Gasteiger partial charge in [0.1, 0.15) is 17.6 Å². The first-order valence-corrected chi connectivity index (χ1v) is 16.5. The van der Waals surface area contributed by atoms with Gasteiger partial charge in [-0.3, -0.25) is 4.79 Å². The molecule has 2 N–H and O–H groups in total. The molecule has 0 spiro atoms. The van der Waals surface area contributed by atoms with E-state index in [0.717, 1.165) is 48.7 Å². The highest BCUT2D eigenvalue weighted by molar-refractivity contribution is 5.86. The minimum atomic E-state index is -0.723. The van der Waals surface area contributed by atoms with Crippen molar-refractivity contribution in [2.24, 2.45) is 11.3 Å². The van der Waals surface area contributed by atoms with Crippen LogP contribution in [0.3, 0.4) is 0 Å². The molecule has 9 nitrogen and oxygen atoms in total. The van der Waals surface area contributed by atoms with Crippen molar-refractivity contribution in [3.8, 4) is 0 Å². The van der Waals surface area contributed by atoms with Gasteiger partial charge in [0.25, 0.3) is 0 Å². The zero-order valence-corrected chi connectivity index (χ0v) is 28.0. The molecule has 2 saturated heterocycles. The van der Waals surface area contributed by atoms with Gasteiger partial charge >= 0.3 is 6.09 Å². The molecule has 0 saturated carbocycles. The third-order valence-corrected chi connectivity index (χ3v) is 9.50. The van der Waals surface area contributed by atoms with E-state index in [1.807, 2.05) is 43.9 Å². The third kappa shape index (κ3) is 7.23. The molecule has 0 radical (unpaired) electrons. The Morgan fingerprint density at radius 1 is 1.13 bits per heavy atom. The summed E-state index contributed by atoms with van der Waals surface area (Å²) in [4.78, 5) is 39.2. The Balaban J connectivity index is 1.34. The number of methoxy groups -OCH3 is 1. The molecule has 5 rings (SSSR count). The molecule has 2 aliphatic heterocycles. The summed E-state index contributed by atoms with van der Waals surface area (Å²) < 4.78 is 35.7. The van der Waals surface area contributed by atoms with E-state index < -0.39 is 23.8 Å². The molecule has 0 bridgehead atoms. The second-order valence-electron chi connectivity index (χ2n) is 13.8. The summed E-state index contributed by atoms with van der Waals surface area (Å²) in [7, 11) is 1.28. The Bertz CT molecular complexity index is 1520. The predicted molar refractivity (Wildman–Crippen MR) is 177 cm³/mol. The molecule has 46 heavy (non-hydrogen) atoms. The summed E-state index contributed by atoms with van der Waals surface area (Å²) in [6.07, 6.45) is 3.67. The quantitative estimate of drug-likeness (QED) is 0.250. The highest BCUT2D eigenvalue weighted by atomic mass is 19.1. The number of benzene rings is 2. The van der Waals surface area contributed by atoms with Gasteiger partial charge in [-0.05, 0) is 73.3 Å². The lowest BCUT2D eigenvalue weighted by Gasteiger charge is -2.38. The Labute approximate surface area is 270 Å². The van der Waals surface area contributed by atoms with Crippen LogP contribution >= 0.6 is 0 Å². The molecule has 11 heteroatoms. The highest BCUT2D eigenvalue weighted by Gasteiger charge is 2.32. The van der Waals surface area contributed by atoms with Crippen LogP contribution in [0, 0.1) is 23.0 Å². The van der Waals surface area contributed by atoms with Gasteiger partial charge in [0.2, 0.25) is 5.91 Å². The molecule has 2 aliphatic rings. The number of rotatable bonds is 10. The molecule has 1 unspecified atom stereocenters. The summed E-state index contributed by atoms with van der Waals surface area (Å²) in [6.45, 7) is 12.9. The Morgan fingerprint density at radius 3 is 2.46 bits per heavy atom. The van der Waals surface area contributed by atoms with Crippen molar-refractivity contribution >= 4 is 34.4 Å². The second kappa shape index (κ2) is 13.8. The number of hydrogen-bond donors (Lipinski definition) is 2. The maximum absolute atomic E-state index is 15.5. The van der Waals surface area contributed by atoms with Gasteiger partial charge in [0.05, 0.1) is 30.7 Å². The number of aromatic amines is 1. The van der Waals surface area contributed by atoms with Gasteiger partial charge in [-0.15, -0.1) is 0 Å². The van der Waals surface area contributed by atoms with Gasteiger partial charge in [-0.1, -0.05) is 40.7 Å². The summed E-state index contributed by atoms with van der Waals surface area (Å²) in [6, 6.07) is 8.24. The van der Waals surface area contributed by atoms with E-state index in [4.69, 9.17) is 9.72 Å². The number of ether oxygens (including phenoxy) is 1. The number of alkyl carbamates (subject to hydrolysis) is 1. The summed E-state index contributed by atoms with van der Waals surface area (Å²) in [5.74, 6) is -0.713. The normalized spacial score (nSPS) is 18.7. The van der Waals surface area contributed by atoms with Crippen molar-refractivity contribution in [3.05, 3.63) is 53.4 Å². The zero-order chi connectivity index (χ0) is 33.2. The minimum Gasteiger partial charge on any atom is -0.453 e. The maximum atomic E-state index is 15.5. The van der Waals surface area contributed by atoms with Crippen molar-refractivity contribution in [3.63, 3.8) is 0 Å². The van der Waals surface area contributed by atoms with Crippen molar-refractivity contribution in [2.75, 3.05) is 43.1 Å². The van der Waals surface area contributed by atoms with Gasteiger partial charge in [-0.25, -0.2) is 18.6 Å². The minimum absolute atomic E-state index is 0.0362. The molecule has 0 aliphatic carbocycles. The molecule has 1 aromatic heterocycles. The third-order valence-electron chi connectivity index (χ3n) is 9.50. The van der Waals surface area contributed by atoms with Crippen LogP contribution in [0.1, 0.15) is 84.2 Å². The van der Waals surface area contributed by atoms with Gasteiger partial charge in [0, 0.05) is 31.9 Å². The number of aromatic nitrogens is 2. The number of halogens is 2. The lowest BCUT2D eigenvalue weighted by Crippen LogP contribution is -2.51. The summed E-state index contributed by atoms with van der Waals surface area (Å²) in [5.41, 5.74) is 3.46. The SMILES string of the molecule is CCCN(Cc1nc2ccc([C@H]3CCCN3c3cc(F)c(N4CCC(C)(C)CC4)c(F)c3)cc2[nH]1)C(=O)C(NC(=O)OC)C(C)C. The zero-order valence-electron chi connectivity index (χ0n) is 28.0. The van der Waals surface area contributed by atoms with Crippen LogP contribution in [0.15, 0.2) is 30.3 Å². The molecular formula is C35H48F2N6O3. The first-order chi connectivity index (χ1) is 21.9. The summed E-state index contributed by atoms with van der Waals surface area (Å²) >= 11 is 0. The number of H-pyrrole nitrogens is 1. The number of amides is 2. The first kappa shape index (κ1) is 33.5. The van der Waals surface area contributed by atoms with Crippen LogP contribution in [0.2, 0.25) is 0 Å². The molecule has 3 heterocycles. The number of carbonyl (C=O) groups is 2. The Kier molecular flexibility index (Phi) is 10.1. The number of carbonyl (C=O) groups excluding carboxylic acids is 2. The van der Waals surface area contributed by atoms with Crippen molar-refractivity contribution in [2.45, 2.75) is 85.4 Å². The lowest BCUT2D eigenvalue weighted by molar-refractivity contribution is -0.135. The van der Waals surface area contributed by atoms with Gasteiger partial charge in [0.15, 0.2) is 11.6 Å². The van der Waals surface area contributed by atoms with Crippen LogP contribution < -0.4 is 15.1 Å². The van der Waals surface area contributed by atoms with Gasteiger partial charge < -0.3 is 29.7 Å². The number of nitrogens with zero attached hydrogens (tertiary/aromatic N) is 4. The predicted octanol–water partition coefficient (Wildman–Crippen LogP) is 6.93. The fourth-order valence-corrected chi connectivity index (χ4v) is 6.75. The molecular weight excluding hydrogens is 590 g/mol. The van der Waals surface area contributed by atoms with E-state index in [0.29, 0.717) is 37.7 Å². The number of hydrogen-bond acceptors (Lipinski definition) is 6. The maximum Gasteiger partial charge on any atom is 0.407 e. The van der Waals surface area contributed by atoms with E-state index in [-0.39, 0.29) is 35.5 Å². The van der Waals surface area contributed by atoms with E-state index in [1.54, 1.807) is 4.90 Å². The second-order valence-corrected chi connectivity index (χ2v) is 13.8. The monoisotopic (exact) mass is 638 g/mol. The number of anilines is 2. The molecule has 2 amide bonds. The fraction of sp³-hybridized carbons (Fsp3) is 0.571. The average molecular weight is 639 g/mol. The molecule has 2 fully saturated rings. The average Bonchev–Trinajstić information content (AvgIpc) is 3.66. The Morgan fingerprint density at radius 2 is 1.83 bits per heavy atom. The van der Waals surface area contributed by atoms with Crippen molar-refractivity contribution in [1.29, 1.82) is 0 Å². The van der Waals surface area contributed by atoms with Crippen molar-refractivity contribution < 1.29 is 23.1 Å². The standard InChI is InChI=1S/C35H48F2N6O3/c1-7-14-42(33(44)31(22(2)3)40-34(45)46-6)21-30-38-27-11-10-23(18-28(27)39-30)29-9-8-15-43(29)24-19-25(36)32(26(37)20-24)41-16-12-35(4,5)13-17-41/h10-11,18-20,22,29,31H,7-9,12-17,21H2,1-6H3,(H,38,39)(H,40,45)/t29-,31?/m1/s1. The van der Waals surface area contributed by atoms with Crippen LogP contribution in [-0.2, 0) is 16.1 Å². The van der Waals surface area contributed by atoms with Crippen LogP contribution in [0.25, 0.3) is 11.0 Å². The number of nitrogens with one attached hydrogen (secondary N) is 2.